The van der Waals surface area contributed by atoms with Crippen molar-refractivity contribution in [3.05, 3.63) is 94.6 Å². The van der Waals surface area contributed by atoms with Crippen molar-refractivity contribution in [2.24, 2.45) is 0 Å². The van der Waals surface area contributed by atoms with Crippen LogP contribution in [0.3, 0.4) is 0 Å². The summed E-state index contributed by atoms with van der Waals surface area (Å²) < 4.78 is 11.0. The fourth-order valence-corrected chi connectivity index (χ4v) is 3.18. The molecule has 4 aromatic rings. The Hall–Kier alpha value is -4.39. The van der Waals surface area contributed by atoms with Crippen molar-refractivity contribution in [2.45, 2.75) is 0 Å². The van der Waals surface area contributed by atoms with Crippen molar-refractivity contribution in [1.82, 2.24) is 5.32 Å². The summed E-state index contributed by atoms with van der Waals surface area (Å²) in [5, 5.41) is 5.74. The van der Waals surface area contributed by atoms with Crippen LogP contribution in [0.1, 0.15) is 10.4 Å². The first-order chi connectivity index (χ1) is 15.5. The number of carbonyl (C=O) groups excluding carboxylic acids is 2. The van der Waals surface area contributed by atoms with Gasteiger partial charge in [0.1, 0.15) is 17.1 Å². The minimum absolute atomic E-state index is 0.154. The van der Waals surface area contributed by atoms with Crippen molar-refractivity contribution >= 4 is 28.5 Å². The van der Waals surface area contributed by atoms with Crippen molar-refractivity contribution < 1.29 is 18.7 Å². The standard InChI is InChI=1S/C25H20N2O5/c1-31-19-11-12-22-20(13-19)21(28)14-23(32-22)16-7-9-18(10-8-16)27-24(29)15-26-25(30)17-5-3-2-4-6-17/h2-14H,15H2,1H3,(H,26,30)(H,27,29). The van der Waals surface area contributed by atoms with Crippen LogP contribution in [0.25, 0.3) is 22.3 Å². The van der Waals surface area contributed by atoms with Crippen LogP contribution in [-0.4, -0.2) is 25.5 Å². The van der Waals surface area contributed by atoms with Gasteiger partial charge in [0.2, 0.25) is 5.91 Å². The zero-order valence-corrected chi connectivity index (χ0v) is 17.3. The van der Waals surface area contributed by atoms with Crippen molar-refractivity contribution in [2.75, 3.05) is 19.0 Å². The highest BCUT2D eigenvalue weighted by Crippen LogP contribution is 2.25. The third kappa shape index (κ3) is 4.67. The van der Waals surface area contributed by atoms with Gasteiger partial charge < -0.3 is 19.8 Å². The molecule has 0 saturated carbocycles. The molecule has 0 saturated heterocycles. The summed E-state index contributed by atoms with van der Waals surface area (Å²) in [5.41, 5.74) is 2.02. The Bertz CT molecular complexity index is 1330. The lowest BCUT2D eigenvalue weighted by Gasteiger charge is -2.08. The summed E-state index contributed by atoms with van der Waals surface area (Å²) in [4.78, 5) is 36.7. The van der Waals surface area contributed by atoms with Gasteiger partial charge in [0.25, 0.3) is 5.91 Å². The third-order valence-corrected chi connectivity index (χ3v) is 4.83. The zero-order valence-electron chi connectivity index (χ0n) is 17.3. The van der Waals surface area contributed by atoms with Gasteiger partial charge in [-0.05, 0) is 54.6 Å². The minimum atomic E-state index is -0.354. The molecule has 7 nitrogen and oxygen atoms in total. The van der Waals surface area contributed by atoms with Crippen LogP contribution in [-0.2, 0) is 4.79 Å². The zero-order chi connectivity index (χ0) is 22.5. The summed E-state index contributed by atoms with van der Waals surface area (Å²) in [6.07, 6.45) is 0. The summed E-state index contributed by atoms with van der Waals surface area (Å²) in [6.45, 7) is -0.154. The second-order valence-electron chi connectivity index (χ2n) is 7.01. The number of nitrogens with one attached hydrogen (secondary N) is 2. The Morgan fingerprint density at radius 2 is 1.69 bits per heavy atom. The normalized spacial score (nSPS) is 10.5. The van der Waals surface area contributed by atoms with Gasteiger partial charge in [0, 0.05) is 22.9 Å². The van der Waals surface area contributed by atoms with Gasteiger partial charge >= 0.3 is 0 Å². The van der Waals surface area contributed by atoms with E-state index in [1.807, 2.05) is 6.07 Å². The van der Waals surface area contributed by atoms with Gasteiger partial charge in [-0.25, -0.2) is 0 Å². The summed E-state index contributed by atoms with van der Waals surface area (Å²) in [7, 11) is 1.54. The second-order valence-corrected chi connectivity index (χ2v) is 7.01. The number of anilines is 1. The molecule has 0 aliphatic heterocycles. The molecule has 0 aliphatic carbocycles. The summed E-state index contributed by atoms with van der Waals surface area (Å²) in [6, 6.07) is 22.0. The molecule has 0 bridgehead atoms. The van der Waals surface area contributed by atoms with Crippen LogP contribution in [0.4, 0.5) is 5.69 Å². The quantitative estimate of drug-likeness (QED) is 0.486. The topological polar surface area (TPSA) is 97.6 Å². The van der Waals surface area contributed by atoms with Crippen LogP contribution in [0, 0.1) is 0 Å². The Kier molecular flexibility index (Phi) is 5.98. The molecule has 2 N–H and O–H groups in total. The van der Waals surface area contributed by atoms with Crippen LogP contribution in [0.15, 0.2) is 88.1 Å². The van der Waals surface area contributed by atoms with E-state index in [9.17, 15) is 14.4 Å². The predicted octanol–water partition coefficient (Wildman–Crippen LogP) is 3.84. The van der Waals surface area contributed by atoms with Crippen LogP contribution >= 0.6 is 0 Å². The first-order valence-corrected chi connectivity index (χ1v) is 9.89. The highest BCUT2D eigenvalue weighted by atomic mass is 16.5. The molecule has 2 amide bonds. The Morgan fingerprint density at radius 3 is 2.41 bits per heavy atom. The molecule has 0 radical (unpaired) electrons. The number of rotatable bonds is 6. The number of amides is 2. The average molecular weight is 428 g/mol. The molecule has 0 unspecified atom stereocenters. The number of hydrogen-bond acceptors (Lipinski definition) is 5. The number of fused-ring (bicyclic) bond motifs is 1. The molecule has 0 spiro atoms. The molecule has 160 valence electrons. The number of ether oxygens (including phenoxy) is 1. The highest BCUT2D eigenvalue weighted by molar-refractivity contribution is 5.99. The van der Waals surface area contributed by atoms with E-state index in [-0.39, 0.29) is 23.8 Å². The molecule has 0 fully saturated rings. The van der Waals surface area contributed by atoms with E-state index in [1.165, 1.54) is 13.2 Å². The fraction of sp³-hybridized carbons (Fsp3) is 0.0800. The van der Waals surface area contributed by atoms with Crippen LogP contribution in [0.5, 0.6) is 5.75 Å². The lowest BCUT2D eigenvalue weighted by atomic mass is 10.1. The third-order valence-electron chi connectivity index (χ3n) is 4.83. The second kappa shape index (κ2) is 9.18. The van der Waals surface area contributed by atoms with E-state index in [2.05, 4.69) is 10.6 Å². The maximum atomic E-state index is 12.5. The van der Waals surface area contributed by atoms with Gasteiger partial charge in [0.05, 0.1) is 19.0 Å². The van der Waals surface area contributed by atoms with Crippen LogP contribution < -0.4 is 20.8 Å². The molecule has 0 aliphatic rings. The van der Waals surface area contributed by atoms with E-state index < -0.39 is 0 Å². The monoisotopic (exact) mass is 428 g/mol. The van der Waals surface area contributed by atoms with E-state index >= 15 is 0 Å². The smallest absolute Gasteiger partial charge is 0.251 e. The van der Waals surface area contributed by atoms with Crippen molar-refractivity contribution in [1.29, 1.82) is 0 Å². The molecule has 1 aromatic heterocycles. The average Bonchev–Trinajstić information content (AvgIpc) is 2.83. The summed E-state index contributed by atoms with van der Waals surface area (Å²) >= 11 is 0. The van der Waals surface area contributed by atoms with Crippen LogP contribution in [0.2, 0.25) is 0 Å². The SMILES string of the molecule is COc1ccc2oc(-c3ccc(NC(=O)CNC(=O)c4ccccc4)cc3)cc(=O)c2c1. The Labute approximate surface area is 183 Å². The molecular formula is C25H20N2O5. The van der Waals surface area contributed by atoms with E-state index in [0.717, 1.165) is 0 Å². The first-order valence-electron chi connectivity index (χ1n) is 9.89. The summed E-state index contributed by atoms with van der Waals surface area (Å²) in [5.74, 6) is 0.325. The molecule has 7 heteroatoms. The van der Waals surface area contributed by atoms with Gasteiger partial charge in [-0.3, -0.25) is 14.4 Å². The maximum Gasteiger partial charge on any atom is 0.251 e. The van der Waals surface area contributed by atoms with Gasteiger partial charge in [-0.15, -0.1) is 0 Å². The molecule has 4 rings (SSSR count). The first kappa shape index (κ1) is 20.9. The Morgan fingerprint density at radius 1 is 0.938 bits per heavy atom. The van der Waals surface area contributed by atoms with E-state index in [4.69, 9.17) is 9.15 Å². The van der Waals surface area contributed by atoms with Gasteiger partial charge in [0.15, 0.2) is 5.43 Å². The van der Waals surface area contributed by atoms with Crippen molar-refractivity contribution in [3.8, 4) is 17.1 Å². The largest absolute Gasteiger partial charge is 0.497 e. The molecular weight excluding hydrogens is 408 g/mol. The molecule has 0 atom stereocenters. The number of carbonyl (C=O) groups is 2. The molecule has 3 aromatic carbocycles. The van der Waals surface area contributed by atoms with Crippen molar-refractivity contribution in [3.63, 3.8) is 0 Å². The number of methoxy groups -OCH3 is 1. The maximum absolute atomic E-state index is 12.5. The van der Waals surface area contributed by atoms with E-state index in [0.29, 0.717) is 39.3 Å². The number of hydrogen-bond donors (Lipinski definition) is 2. The fourth-order valence-electron chi connectivity index (χ4n) is 3.18. The predicted molar refractivity (Wildman–Crippen MR) is 122 cm³/mol. The van der Waals surface area contributed by atoms with Gasteiger partial charge in [-0.1, -0.05) is 18.2 Å². The molecule has 1 heterocycles. The highest BCUT2D eigenvalue weighted by Gasteiger charge is 2.10. The minimum Gasteiger partial charge on any atom is -0.497 e. The lowest BCUT2D eigenvalue weighted by molar-refractivity contribution is -0.115. The van der Waals surface area contributed by atoms with Gasteiger partial charge in [-0.2, -0.15) is 0 Å². The lowest BCUT2D eigenvalue weighted by Crippen LogP contribution is -2.32. The molecule has 32 heavy (non-hydrogen) atoms. The Balaban J connectivity index is 1.42. The number of benzene rings is 3. The van der Waals surface area contributed by atoms with E-state index in [1.54, 1.807) is 66.7 Å².